The topological polar surface area (TPSA) is 26.2 Å². The van der Waals surface area contributed by atoms with E-state index in [9.17, 15) is 0 Å². The van der Waals surface area contributed by atoms with Crippen LogP contribution in [0.3, 0.4) is 0 Å². The van der Waals surface area contributed by atoms with Crippen molar-refractivity contribution in [3.63, 3.8) is 0 Å². The molecule has 0 radical (unpaired) electrons. The van der Waals surface area contributed by atoms with Gasteiger partial charge in [0.15, 0.2) is 0 Å². The molecule has 0 unspecified atom stereocenters. The maximum Gasteiger partial charge on any atom is 0.143 e. The van der Waals surface area contributed by atoms with E-state index >= 15 is 0 Å². The number of aromatic nitrogens is 2. The summed E-state index contributed by atoms with van der Waals surface area (Å²) in [5, 5.41) is 9.45. The summed E-state index contributed by atoms with van der Waals surface area (Å²) >= 11 is 0. The number of furan rings is 1. The first kappa shape index (κ1) is 38.2. The quantitative estimate of drug-likeness (QED) is 0.160. The molecular formula is C64H41N3O. The Hall–Kier alpha value is -9.12. The number of para-hydroxylation sites is 8. The Bertz CT molecular complexity index is 4180. The third-order valence-corrected chi connectivity index (χ3v) is 13.9. The second kappa shape index (κ2) is 15.2. The number of hydrogen-bond donors (Lipinski definition) is 0. The van der Waals surface area contributed by atoms with Crippen LogP contribution in [-0.4, -0.2) is 9.13 Å². The van der Waals surface area contributed by atoms with Crippen LogP contribution in [-0.2, 0) is 0 Å². The largest absolute Gasteiger partial charge is 0.455 e. The third-order valence-electron chi connectivity index (χ3n) is 13.9. The van der Waals surface area contributed by atoms with Crippen molar-refractivity contribution < 1.29 is 4.42 Å². The van der Waals surface area contributed by atoms with Gasteiger partial charge >= 0.3 is 0 Å². The zero-order valence-electron chi connectivity index (χ0n) is 36.9. The molecular weight excluding hydrogens is 827 g/mol. The molecule has 0 saturated carbocycles. The first-order chi connectivity index (χ1) is 33.8. The van der Waals surface area contributed by atoms with Crippen molar-refractivity contribution in [2.45, 2.75) is 0 Å². The number of benzene rings is 11. The Morgan fingerprint density at radius 1 is 0.309 bits per heavy atom. The minimum atomic E-state index is 0.878. The molecule has 0 amide bonds. The van der Waals surface area contributed by atoms with E-state index in [1.54, 1.807) is 0 Å². The highest BCUT2D eigenvalue weighted by molar-refractivity contribution is 6.16. The van der Waals surface area contributed by atoms with Gasteiger partial charge in [0.1, 0.15) is 11.2 Å². The summed E-state index contributed by atoms with van der Waals surface area (Å²) in [5.41, 5.74) is 16.4. The molecule has 0 N–H and O–H groups in total. The van der Waals surface area contributed by atoms with E-state index in [2.05, 4.69) is 263 Å². The maximum absolute atomic E-state index is 6.61. The fraction of sp³-hybridized carbons (Fsp3) is 0. The molecule has 3 heterocycles. The number of rotatable bonds is 7. The summed E-state index contributed by atoms with van der Waals surface area (Å²) in [6, 6.07) is 90.0. The molecule has 14 rings (SSSR count). The molecule has 68 heavy (non-hydrogen) atoms. The molecule has 4 heteroatoms. The Labute approximate surface area is 392 Å². The molecule has 0 atom stereocenters. The van der Waals surface area contributed by atoms with Crippen LogP contribution < -0.4 is 4.90 Å². The van der Waals surface area contributed by atoms with Gasteiger partial charge in [0.2, 0.25) is 0 Å². The first-order valence-corrected chi connectivity index (χ1v) is 23.3. The fourth-order valence-electron chi connectivity index (χ4n) is 10.9. The van der Waals surface area contributed by atoms with Crippen LogP contribution >= 0.6 is 0 Å². The van der Waals surface area contributed by atoms with Crippen LogP contribution in [0.2, 0.25) is 0 Å². The SMILES string of the molecule is c1ccc(N(c2ccc(-c3ccccc3-n3c4ccccc4c4ccccc43)cc2)c2ccccc2-n2c3ccccc3c3ccccc32)c(-c2ccc3oc4c5ccccc5ccc4c3c2)c1. The van der Waals surface area contributed by atoms with Crippen molar-refractivity contribution >= 4 is 93.4 Å². The summed E-state index contributed by atoms with van der Waals surface area (Å²) in [6.07, 6.45) is 0. The zero-order valence-corrected chi connectivity index (χ0v) is 36.9. The second-order valence-electron chi connectivity index (χ2n) is 17.6. The lowest BCUT2D eigenvalue weighted by Crippen LogP contribution is -2.14. The smallest absolute Gasteiger partial charge is 0.143 e. The van der Waals surface area contributed by atoms with Crippen molar-refractivity contribution in [1.29, 1.82) is 0 Å². The monoisotopic (exact) mass is 867 g/mol. The minimum absolute atomic E-state index is 0.878. The van der Waals surface area contributed by atoms with Crippen LogP contribution in [0.15, 0.2) is 253 Å². The van der Waals surface area contributed by atoms with Crippen molar-refractivity contribution in [3.05, 3.63) is 249 Å². The lowest BCUT2D eigenvalue weighted by molar-refractivity contribution is 0.672. The molecule has 14 aromatic rings. The van der Waals surface area contributed by atoms with Gasteiger partial charge < -0.3 is 18.5 Å². The van der Waals surface area contributed by atoms with Gasteiger partial charge in [0.25, 0.3) is 0 Å². The van der Waals surface area contributed by atoms with Crippen molar-refractivity contribution in [2.24, 2.45) is 0 Å². The van der Waals surface area contributed by atoms with Gasteiger partial charge in [0.05, 0.1) is 44.8 Å². The predicted octanol–water partition coefficient (Wildman–Crippen LogP) is 17.7. The number of fused-ring (bicyclic) bond motifs is 11. The molecule has 318 valence electrons. The van der Waals surface area contributed by atoms with E-state index in [0.717, 1.165) is 89.0 Å². The highest BCUT2D eigenvalue weighted by atomic mass is 16.3. The highest BCUT2D eigenvalue weighted by Crippen LogP contribution is 2.47. The standard InChI is InChI=1S/C64H41N3O/c1-2-20-48-42(17-1)35-39-53-54-41-44(36-40-63(54)68-64(48)53)47-19-4-9-25-55(47)65(61-31-15-16-32-62(61)67-59-29-13-7-23-51(59)52-24-8-14-30-60(52)67)45-37-33-43(34-38-45)46-18-3-10-26-56(46)66-57-27-11-5-21-49(57)50-22-6-12-28-58(50)66/h1-41H. The van der Waals surface area contributed by atoms with E-state index in [1.165, 1.54) is 38.0 Å². The second-order valence-corrected chi connectivity index (χ2v) is 17.6. The molecule has 3 aromatic heterocycles. The van der Waals surface area contributed by atoms with E-state index < -0.39 is 0 Å². The van der Waals surface area contributed by atoms with E-state index in [-0.39, 0.29) is 0 Å². The molecule has 0 spiro atoms. The Balaban J connectivity index is 0.978. The van der Waals surface area contributed by atoms with Gasteiger partial charge in [-0.2, -0.15) is 0 Å². The number of anilines is 3. The third kappa shape index (κ3) is 5.81. The van der Waals surface area contributed by atoms with Gasteiger partial charge in [-0.15, -0.1) is 0 Å². The molecule has 11 aromatic carbocycles. The number of hydrogen-bond acceptors (Lipinski definition) is 2. The van der Waals surface area contributed by atoms with Gasteiger partial charge in [-0.3, -0.25) is 0 Å². The molecule has 0 aliphatic rings. The van der Waals surface area contributed by atoms with Gasteiger partial charge in [-0.25, -0.2) is 0 Å². The van der Waals surface area contributed by atoms with E-state index in [1.807, 2.05) is 0 Å². The van der Waals surface area contributed by atoms with Crippen molar-refractivity contribution in [3.8, 4) is 33.6 Å². The Morgan fingerprint density at radius 3 is 1.44 bits per heavy atom. The van der Waals surface area contributed by atoms with Crippen molar-refractivity contribution in [1.82, 2.24) is 9.13 Å². The van der Waals surface area contributed by atoms with Crippen LogP contribution in [0, 0.1) is 0 Å². The highest BCUT2D eigenvalue weighted by Gasteiger charge is 2.24. The predicted molar refractivity (Wildman–Crippen MR) is 285 cm³/mol. The average molecular weight is 868 g/mol. The van der Waals surface area contributed by atoms with Crippen LogP contribution in [0.25, 0.3) is 110 Å². The lowest BCUT2D eigenvalue weighted by Gasteiger charge is -2.30. The maximum atomic E-state index is 6.61. The molecule has 0 saturated heterocycles. The zero-order chi connectivity index (χ0) is 44.7. The van der Waals surface area contributed by atoms with Crippen molar-refractivity contribution in [2.75, 3.05) is 4.90 Å². The normalized spacial score (nSPS) is 11.8. The summed E-state index contributed by atoms with van der Waals surface area (Å²) in [6.45, 7) is 0. The minimum Gasteiger partial charge on any atom is -0.455 e. The molecule has 0 fully saturated rings. The summed E-state index contributed by atoms with van der Waals surface area (Å²) in [7, 11) is 0. The van der Waals surface area contributed by atoms with Crippen LogP contribution in [0.1, 0.15) is 0 Å². The Morgan fingerprint density at radius 2 is 0.794 bits per heavy atom. The molecule has 4 nitrogen and oxygen atoms in total. The molecule has 0 aliphatic heterocycles. The first-order valence-electron chi connectivity index (χ1n) is 23.3. The van der Waals surface area contributed by atoms with E-state index in [4.69, 9.17) is 4.42 Å². The molecule has 0 bridgehead atoms. The van der Waals surface area contributed by atoms with Crippen LogP contribution in [0.5, 0.6) is 0 Å². The van der Waals surface area contributed by atoms with E-state index in [0.29, 0.717) is 0 Å². The average Bonchev–Trinajstić information content (AvgIpc) is 4.07. The summed E-state index contributed by atoms with van der Waals surface area (Å²) < 4.78 is 11.5. The van der Waals surface area contributed by atoms with Crippen LogP contribution in [0.4, 0.5) is 17.1 Å². The fourth-order valence-corrected chi connectivity index (χ4v) is 10.9. The lowest BCUT2D eigenvalue weighted by atomic mass is 9.98. The van der Waals surface area contributed by atoms with Gasteiger partial charge in [-0.1, -0.05) is 170 Å². The molecule has 0 aliphatic carbocycles. The van der Waals surface area contributed by atoms with Gasteiger partial charge in [-0.05, 0) is 95.4 Å². The summed E-state index contributed by atoms with van der Waals surface area (Å²) in [4.78, 5) is 2.45. The Kier molecular flexibility index (Phi) is 8.55. The van der Waals surface area contributed by atoms with Gasteiger partial charge in [0, 0.05) is 54.5 Å². The number of nitrogens with zero attached hydrogens (tertiary/aromatic N) is 3. The summed E-state index contributed by atoms with van der Waals surface area (Å²) in [5.74, 6) is 0.